The molecule has 0 saturated carbocycles. The average Bonchev–Trinajstić information content (AvgIpc) is 2.84. The lowest BCUT2D eigenvalue weighted by Crippen LogP contribution is -2.37. The number of rotatable bonds is 5. The second kappa shape index (κ2) is 7.47. The topological polar surface area (TPSA) is 80.8 Å². The van der Waals surface area contributed by atoms with Gasteiger partial charge in [-0.2, -0.15) is 0 Å². The highest BCUT2D eigenvalue weighted by atomic mass is 16.5. The van der Waals surface area contributed by atoms with E-state index in [-0.39, 0.29) is 29.4 Å². The van der Waals surface area contributed by atoms with Crippen LogP contribution in [0.5, 0.6) is 0 Å². The highest BCUT2D eigenvalue weighted by Gasteiger charge is 2.47. The van der Waals surface area contributed by atoms with Gasteiger partial charge in [0.1, 0.15) is 6.54 Å². The molecule has 0 bridgehead atoms. The largest absolute Gasteiger partial charge is 0.456 e. The van der Waals surface area contributed by atoms with E-state index in [0.717, 1.165) is 21.6 Å². The van der Waals surface area contributed by atoms with Crippen LogP contribution in [0.2, 0.25) is 0 Å². The molecular weight excluding hydrogens is 346 g/mol. The van der Waals surface area contributed by atoms with E-state index < -0.39 is 19.1 Å². The molecule has 0 spiro atoms. The van der Waals surface area contributed by atoms with Crippen LogP contribution in [-0.2, 0) is 19.1 Å². The zero-order chi connectivity index (χ0) is 19.7. The Hall–Kier alpha value is -2.76. The lowest BCUT2D eigenvalue weighted by atomic mass is 9.85. The molecule has 2 aliphatic rings. The first kappa shape index (κ1) is 19.0. The fraction of sp³-hybridized carbons (Fsp3) is 0.429. The van der Waals surface area contributed by atoms with Gasteiger partial charge in [0.15, 0.2) is 6.61 Å². The molecule has 2 unspecified atom stereocenters. The van der Waals surface area contributed by atoms with Crippen molar-refractivity contribution in [1.82, 2.24) is 4.90 Å². The van der Waals surface area contributed by atoms with Gasteiger partial charge in [0.05, 0.1) is 11.8 Å². The van der Waals surface area contributed by atoms with Crippen molar-refractivity contribution in [2.75, 3.05) is 13.2 Å². The van der Waals surface area contributed by atoms with Gasteiger partial charge in [0.25, 0.3) is 0 Å². The third-order valence-electron chi connectivity index (χ3n) is 5.21. The predicted molar refractivity (Wildman–Crippen MR) is 98.0 cm³/mol. The smallest absolute Gasteiger partial charge is 0.326 e. The number of carbonyl (C=O) groups excluding carboxylic acids is 4. The van der Waals surface area contributed by atoms with Crippen molar-refractivity contribution in [3.8, 4) is 0 Å². The fourth-order valence-electron chi connectivity index (χ4n) is 4.04. The van der Waals surface area contributed by atoms with E-state index in [1.54, 1.807) is 0 Å². The van der Waals surface area contributed by atoms with Gasteiger partial charge in [-0.15, -0.1) is 0 Å². The minimum absolute atomic E-state index is 0.296. The normalized spacial score (nSPS) is 21.4. The first-order valence-electron chi connectivity index (χ1n) is 9.06. The van der Waals surface area contributed by atoms with Crippen LogP contribution < -0.4 is 0 Å². The molecule has 27 heavy (non-hydrogen) atoms. The van der Waals surface area contributed by atoms with Crippen LogP contribution in [0.25, 0.3) is 0 Å². The number of ketones is 1. The minimum atomic E-state index is -0.751. The number of hydrogen-bond donors (Lipinski definition) is 0. The minimum Gasteiger partial charge on any atom is -0.456 e. The number of hydrogen-bond acceptors (Lipinski definition) is 5. The number of ether oxygens (including phenoxy) is 1. The maximum absolute atomic E-state index is 12.4. The number of fused-ring (bicyclic) bond motifs is 1. The van der Waals surface area contributed by atoms with Crippen LogP contribution >= 0.6 is 0 Å². The van der Waals surface area contributed by atoms with Gasteiger partial charge in [-0.3, -0.25) is 24.1 Å². The molecule has 2 amide bonds. The summed E-state index contributed by atoms with van der Waals surface area (Å²) >= 11 is 0. The van der Waals surface area contributed by atoms with E-state index in [1.807, 2.05) is 45.1 Å². The maximum atomic E-state index is 12.4. The molecule has 142 valence electrons. The molecule has 1 heterocycles. The van der Waals surface area contributed by atoms with E-state index in [1.165, 1.54) is 0 Å². The molecule has 0 N–H and O–H groups in total. The van der Waals surface area contributed by atoms with E-state index >= 15 is 0 Å². The van der Waals surface area contributed by atoms with Gasteiger partial charge < -0.3 is 4.74 Å². The molecule has 1 fully saturated rings. The summed E-state index contributed by atoms with van der Waals surface area (Å²) in [5.41, 5.74) is 3.25. The highest BCUT2D eigenvalue weighted by molar-refractivity contribution is 6.07. The molecule has 1 aromatic carbocycles. The molecule has 3 rings (SSSR count). The molecule has 1 aliphatic carbocycles. The number of benzene rings is 1. The van der Waals surface area contributed by atoms with Crippen LogP contribution in [0.15, 0.2) is 24.3 Å². The van der Waals surface area contributed by atoms with E-state index in [2.05, 4.69) is 0 Å². The van der Waals surface area contributed by atoms with Gasteiger partial charge >= 0.3 is 5.97 Å². The van der Waals surface area contributed by atoms with Crippen LogP contribution in [0.4, 0.5) is 0 Å². The molecule has 2 atom stereocenters. The van der Waals surface area contributed by atoms with Gasteiger partial charge in [0.2, 0.25) is 17.6 Å². The van der Waals surface area contributed by atoms with Crippen molar-refractivity contribution in [2.45, 2.75) is 33.6 Å². The van der Waals surface area contributed by atoms with Crippen molar-refractivity contribution in [3.63, 3.8) is 0 Å². The Labute approximate surface area is 158 Å². The Balaban J connectivity index is 1.60. The fourth-order valence-corrected chi connectivity index (χ4v) is 4.04. The second-order valence-electron chi connectivity index (χ2n) is 7.28. The van der Waals surface area contributed by atoms with Crippen LogP contribution in [0, 0.1) is 32.6 Å². The maximum Gasteiger partial charge on any atom is 0.326 e. The molecular formula is C21H23NO5. The first-order chi connectivity index (χ1) is 12.8. The zero-order valence-corrected chi connectivity index (χ0v) is 15.8. The summed E-state index contributed by atoms with van der Waals surface area (Å²) in [5.74, 6) is -2.47. The Morgan fingerprint density at radius 3 is 2.04 bits per heavy atom. The van der Waals surface area contributed by atoms with Crippen molar-refractivity contribution >= 4 is 23.6 Å². The number of likely N-dealkylation sites (tertiary alicyclic amines) is 1. The summed E-state index contributed by atoms with van der Waals surface area (Å²) in [7, 11) is 0. The Morgan fingerprint density at radius 1 is 1.00 bits per heavy atom. The van der Waals surface area contributed by atoms with Crippen molar-refractivity contribution in [1.29, 1.82) is 0 Å². The standard InChI is InChI=1S/C21H23NO5/c1-12-8-13(2)19(14(3)9-12)17(23)11-27-18(24)10-22-20(25)15-6-4-5-7-16(15)21(22)26/h4-5,8-9,15-16H,6-7,10-11H2,1-3H3. The molecule has 6 nitrogen and oxygen atoms in total. The van der Waals surface area contributed by atoms with Crippen molar-refractivity contribution < 1.29 is 23.9 Å². The predicted octanol–water partition coefficient (Wildman–Crippen LogP) is 2.29. The van der Waals surface area contributed by atoms with Gasteiger partial charge in [-0.1, -0.05) is 29.8 Å². The SMILES string of the molecule is Cc1cc(C)c(C(=O)COC(=O)CN2C(=O)C3CC=CCC3C2=O)c(C)c1. The summed E-state index contributed by atoms with van der Waals surface area (Å²) in [4.78, 5) is 50.3. The zero-order valence-electron chi connectivity index (χ0n) is 15.8. The van der Waals surface area contributed by atoms with E-state index in [4.69, 9.17) is 4.74 Å². The number of nitrogens with zero attached hydrogens (tertiary/aromatic N) is 1. The molecule has 6 heteroatoms. The van der Waals surface area contributed by atoms with Crippen molar-refractivity contribution in [3.05, 3.63) is 46.5 Å². The van der Waals surface area contributed by atoms with E-state index in [0.29, 0.717) is 18.4 Å². The molecule has 0 aromatic heterocycles. The summed E-state index contributed by atoms with van der Waals surface area (Å²) in [6, 6.07) is 3.80. The number of aryl methyl sites for hydroxylation is 3. The number of imide groups is 1. The van der Waals surface area contributed by atoms with Gasteiger partial charge in [-0.05, 0) is 44.7 Å². The summed E-state index contributed by atoms with van der Waals surface area (Å²) in [6.07, 6.45) is 4.81. The number of esters is 1. The average molecular weight is 369 g/mol. The second-order valence-corrected chi connectivity index (χ2v) is 7.28. The quantitative estimate of drug-likeness (QED) is 0.344. The molecule has 1 saturated heterocycles. The summed E-state index contributed by atoms with van der Waals surface area (Å²) in [6.45, 7) is 4.78. The lowest BCUT2D eigenvalue weighted by molar-refractivity contribution is -0.152. The molecule has 1 aromatic rings. The third-order valence-corrected chi connectivity index (χ3v) is 5.21. The molecule has 0 radical (unpaired) electrons. The van der Waals surface area contributed by atoms with Crippen LogP contribution in [-0.4, -0.2) is 41.6 Å². The number of allylic oxidation sites excluding steroid dienone is 2. The van der Waals surface area contributed by atoms with Gasteiger partial charge in [0, 0.05) is 5.56 Å². The Bertz CT molecular complexity index is 805. The summed E-state index contributed by atoms with van der Waals surface area (Å²) < 4.78 is 5.06. The third kappa shape index (κ3) is 3.70. The number of Topliss-reactive ketones (excluding diaryl/α,β-unsaturated/α-hetero) is 1. The van der Waals surface area contributed by atoms with Crippen molar-refractivity contribution in [2.24, 2.45) is 11.8 Å². The molecule has 1 aliphatic heterocycles. The Morgan fingerprint density at radius 2 is 1.52 bits per heavy atom. The summed E-state index contributed by atoms with van der Waals surface area (Å²) in [5, 5.41) is 0. The first-order valence-corrected chi connectivity index (χ1v) is 9.06. The van der Waals surface area contributed by atoms with Crippen LogP contribution in [0.1, 0.15) is 39.9 Å². The number of carbonyl (C=O) groups is 4. The monoisotopic (exact) mass is 369 g/mol. The highest BCUT2D eigenvalue weighted by Crippen LogP contribution is 2.34. The lowest BCUT2D eigenvalue weighted by Gasteiger charge is -2.14. The Kier molecular flexibility index (Phi) is 5.26. The van der Waals surface area contributed by atoms with E-state index in [9.17, 15) is 19.2 Å². The van der Waals surface area contributed by atoms with Crippen LogP contribution in [0.3, 0.4) is 0 Å². The van der Waals surface area contributed by atoms with Gasteiger partial charge in [-0.25, -0.2) is 0 Å². The number of amides is 2.